The normalized spacial score (nSPS) is 25.6. The van der Waals surface area contributed by atoms with Gasteiger partial charge in [0.1, 0.15) is 5.76 Å². The quantitative estimate of drug-likeness (QED) is 0.674. The van der Waals surface area contributed by atoms with E-state index in [2.05, 4.69) is 5.32 Å². The van der Waals surface area contributed by atoms with Crippen LogP contribution in [0.3, 0.4) is 0 Å². The van der Waals surface area contributed by atoms with Gasteiger partial charge in [-0.3, -0.25) is 4.79 Å². The number of rotatable bonds is 1. The SMILES string of the molecule is CCC(=O)N1CCC2=C(C1)NC(C)O2. The zero-order valence-corrected chi connectivity index (χ0v) is 8.67. The van der Waals surface area contributed by atoms with Crippen LogP contribution in [0.4, 0.5) is 0 Å². The van der Waals surface area contributed by atoms with Crippen LogP contribution in [0.25, 0.3) is 0 Å². The van der Waals surface area contributed by atoms with E-state index in [4.69, 9.17) is 4.74 Å². The van der Waals surface area contributed by atoms with Gasteiger partial charge in [-0.05, 0) is 6.92 Å². The predicted octanol–water partition coefficient (Wildman–Crippen LogP) is 0.806. The standard InChI is InChI=1S/C10H16N2O2/c1-3-10(13)12-5-4-9-8(6-12)11-7(2)14-9/h7,11H,3-6H2,1-2H3. The molecule has 0 aromatic heterocycles. The van der Waals surface area contributed by atoms with E-state index < -0.39 is 0 Å². The Morgan fingerprint density at radius 1 is 1.71 bits per heavy atom. The molecule has 2 heterocycles. The fourth-order valence-electron chi connectivity index (χ4n) is 1.93. The summed E-state index contributed by atoms with van der Waals surface area (Å²) in [6.07, 6.45) is 1.49. The molecular weight excluding hydrogens is 180 g/mol. The lowest BCUT2D eigenvalue weighted by atomic mass is 10.2. The van der Waals surface area contributed by atoms with Crippen molar-refractivity contribution in [3.8, 4) is 0 Å². The van der Waals surface area contributed by atoms with E-state index in [1.807, 2.05) is 18.7 Å². The number of hydrogen-bond acceptors (Lipinski definition) is 3. The van der Waals surface area contributed by atoms with Crippen LogP contribution in [0.1, 0.15) is 26.7 Å². The number of amides is 1. The Bertz CT molecular complexity index is 286. The molecular formula is C10H16N2O2. The van der Waals surface area contributed by atoms with Gasteiger partial charge in [-0.1, -0.05) is 6.92 Å². The fraction of sp³-hybridized carbons (Fsp3) is 0.700. The number of carbonyl (C=O) groups is 1. The summed E-state index contributed by atoms with van der Waals surface area (Å²) < 4.78 is 5.56. The van der Waals surface area contributed by atoms with Crippen molar-refractivity contribution in [3.63, 3.8) is 0 Å². The van der Waals surface area contributed by atoms with Crippen molar-refractivity contribution in [1.82, 2.24) is 10.2 Å². The molecule has 0 bridgehead atoms. The van der Waals surface area contributed by atoms with Gasteiger partial charge < -0.3 is 15.0 Å². The van der Waals surface area contributed by atoms with E-state index in [1.165, 1.54) is 0 Å². The molecule has 0 saturated heterocycles. The molecule has 0 aromatic rings. The lowest BCUT2D eigenvalue weighted by molar-refractivity contribution is -0.130. The summed E-state index contributed by atoms with van der Waals surface area (Å²) in [4.78, 5) is 13.4. The van der Waals surface area contributed by atoms with Gasteiger partial charge in [-0.15, -0.1) is 0 Å². The van der Waals surface area contributed by atoms with E-state index in [1.54, 1.807) is 0 Å². The van der Waals surface area contributed by atoms with Gasteiger partial charge in [0.2, 0.25) is 5.91 Å². The summed E-state index contributed by atoms with van der Waals surface area (Å²) >= 11 is 0. The Labute approximate surface area is 83.9 Å². The van der Waals surface area contributed by atoms with Crippen LogP contribution in [-0.4, -0.2) is 30.1 Å². The molecule has 1 amide bonds. The van der Waals surface area contributed by atoms with Crippen LogP contribution in [-0.2, 0) is 9.53 Å². The minimum Gasteiger partial charge on any atom is -0.473 e. The van der Waals surface area contributed by atoms with Crippen molar-refractivity contribution in [1.29, 1.82) is 0 Å². The maximum Gasteiger partial charge on any atom is 0.222 e. The third kappa shape index (κ3) is 1.56. The molecule has 2 rings (SSSR count). The maximum atomic E-state index is 11.5. The van der Waals surface area contributed by atoms with Crippen LogP contribution in [0.5, 0.6) is 0 Å². The number of ether oxygens (including phenoxy) is 1. The zero-order chi connectivity index (χ0) is 10.1. The molecule has 0 spiro atoms. The first-order valence-electron chi connectivity index (χ1n) is 5.13. The summed E-state index contributed by atoms with van der Waals surface area (Å²) in [7, 11) is 0. The second-order valence-electron chi connectivity index (χ2n) is 3.72. The highest BCUT2D eigenvalue weighted by molar-refractivity contribution is 5.76. The van der Waals surface area contributed by atoms with Crippen molar-refractivity contribution in [2.75, 3.05) is 13.1 Å². The van der Waals surface area contributed by atoms with Crippen LogP contribution < -0.4 is 5.32 Å². The van der Waals surface area contributed by atoms with Crippen LogP contribution in [0, 0.1) is 0 Å². The van der Waals surface area contributed by atoms with Crippen LogP contribution >= 0.6 is 0 Å². The van der Waals surface area contributed by atoms with Gasteiger partial charge in [0.05, 0.1) is 12.2 Å². The second kappa shape index (κ2) is 3.52. The highest BCUT2D eigenvalue weighted by Crippen LogP contribution is 2.24. The van der Waals surface area contributed by atoms with Gasteiger partial charge >= 0.3 is 0 Å². The van der Waals surface area contributed by atoms with Gasteiger partial charge in [-0.2, -0.15) is 0 Å². The first kappa shape index (κ1) is 9.37. The van der Waals surface area contributed by atoms with E-state index in [0.29, 0.717) is 13.0 Å². The number of nitrogens with one attached hydrogen (secondary N) is 1. The molecule has 0 aromatic carbocycles. The third-order valence-corrected chi connectivity index (χ3v) is 2.65. The summed E-state index contributed by atoms with van der Waals surface area (Å²) in [5.74, 6) is 1.26. The fourth-order valence-corrected chi connectivity index (χ4v) is 1.93. The topological polar surface area (TPSA) is 41.6 Å². The Kier molecular flexibility index (Phi) is 2.35. The highest BCUT2D eigenvalue weighted by atomic mass is 16.5. The molecule has 78 valence electrons. The third-order valence-electron chi connectivity index (χ3n) is 2.65. The summed E-state index contributed by atoms with van der Waals surface area (Å²) in [5.41, 5.74) is 1.09. The Balaban J connectivity index is 2.03. The molecule has 1 atom stereocenters. The number of nitrogens with zero attached hydrogens (tertiary/aromatic N) is 1. The van der Waals surface area contributed by atoms with Crippen molar-refractivity contribution >= 4 is 5.91 Å². The largest absolute Gasteiger partial charge is 0.473 e. The zero-order valence-electron chi connectivity index (χ0n) is 8.67. The van der Waals surface area contributed by atoms with Crippen molar-refractivity contribution in [3.05, 3.63) is 11.5 Å². The molecule has 14 heavy (non-hydrogen) atoms. The minimum atomic E-state index is 0.0664. The minimum absolute atomic E-state index is 0.0664. The second-order valence-corrected chi connectivity index (χ2v) is 3.72. The van der Waals surface area contributed by atoms with Gasteiger partial charge in [0, 0.05) is 19.4 Å². The molecule has 0 aliphatic carbocycles. The van der Waals surface area contributed by atoms with E-state index in [0.717, 1.165) is 24.4 Å². The molecule has 4 heteroatoms. The average Bonchev–Trinajstić information content (AvgIpc) is 2.55. The average molecular weight is 196 g/mol. The van der Waals surface area contributed by atoms with Gasteiger partial charge in [-0.25, -0.2) is 0 Å². The molecule has 0 saturated carbocycles. The van der Waals surface area contributed by atoms with Crippen molar-refractivity contribution in [2.24, 2.45) is 0 Å². The Morgan fingerprint density at radius 2 is 2.50 bits per heavy atom. The van der Waals surface area contributed by atoms with Crippen LogP contribution in [0.15, 0.2) is 11.5 Å². The maximum absolute atomic E-state index is 11.5. The summed E-state index contributed by atoms with van der Waals surface area (Å²) in [6, 6.07) is 0. The number of hydrogen-bond donors (Lipinski definition) is 1. The first-order valence-corrected chi connectivity index (χ1v) is 5.13. The predicted molar refractivity (Wildman–Crippen MR) is 52.2 cm³/mol. The molecule has 0 radical (unpaired) electrons. The monoisotopic (exact) mass is 196 g/mol. The Morgan fingerprint density at radius 3 is 3.21 bits per heavy atom. The van der Waals surface area contributed by atoms with E-state index in [-0.39, 0.29) is 12.1 Å². The Hall–Kier alpha value is -1.19. The van der Waals surface area contributed by atoms with Crippen LogP contribution in [0.2, 0.25) is 0 Å². The molecule has 1 N–H and O–H groups in total. The van der Waals surface area contributed by atoms with Gasteiger partial charge in [0.15, 0.2) is 6.23 Å². The van der Waals surface area contributed by atoms with Gasteiger partial charge in [0.25, 0.3) is 0 Å². The van der Waals surface area contributed by atoms with E-state index >= 15 is 0 Å². The van der Waals surface area contributed by atoms with E-state index in [9.17, 15) is 4.79 Å². The highest BCUT2D eigenvalue weighted by Gasteiger charge is 2.28. The lowest BCUT2D eigenvalue weighted by Gasteiger charge is -2.26. The lowest BCUT2D eigenvalue weighted by Crippen LogP contribution is -2.38. The smallest absolute Gasteiger partial charge is 0.222 e. The molecule has 4 nitrogen and oxygen atoms in total. The molecule has 1 unspecified atom stereocenters. The van der Waals surface area contributed by atoms with Crippen molar-refractivity contribution < 1.29 is 9.53 Å². The first-order chi connectivity index (χ1) is 6.70. The van der Waals surface area contributed by atoms with Crippen molar-refractivity contribution in [2.45, 2.75) is 32.9 Å². The molecule has 2 aliphatic rings. The molecule has 0 fully saturated rings. The number of carbonyl (C=O) groups excluding carboxylic acids is 1. The summed E-state index contributed by atoms with van der Waals surface area (Å²) in [5, 5.41) is 3.23. The molecule has 2 aliphatic heterocycles. The summed E-state index contributed by atoms with van der Waals surface area (Å²) in [6.45, 7) is 5.35.